The number of aromatic amines is 2. The van der Waals surface area contributed by atoms with Gasteiger partial charge in [0.05, 0.1) is 17.8 Å². The van der Waals surface area contributed by atoms with Gasteiger partial charge in [0, 0.05) is 29.9 Å². The Balaban J connectivity index is 1.28. The number of nitrogens with zero attached hydrogens (tertiary/aromatic N) is 3. The summed E-state index contributed by atoms with van der Waals surface area (Å²) < 4.78 is 0. The summed E-state index contributed by atoms with van der Waals surface area (Å²) in [5.74, 6) is 0.0754. The topological polar surface area (TPSA) is 132 Å². The highest BCUT2D eigenvalue weighted by Gasteiger charge is 2.26. The summed E-state index contributed by atoms with van der Waals surface area (Å²) in [7, 11) is 0. The van der Waals surface area contributed by atoms with E-state index < -0.39 is 12.1 Å². The minimum atomic E-state index is -0.946. The summed E-state index contributed by atoms with van der Waals surface area (Å²) in [6.07, 6.45) is 4.33. The predicted octanol–water partition coefficient (Wildman–Crippen LogP) is 5.64. The van der Waals surface area contributed by atoms with E-state index in [-0.39, 0.29) is 11.6 Å². The van der Waals surface area contributed by atoms with Crippen LogP contribution in [0.3, 0.4) is 0 Å². The van der Waals surface area contributed by atoms with Crippen LogP contribution in [0.2, 0.25) is 0 Å². The van der Waals surface area contributed by atoms with Crippen LogP contribution in [-0.4, -0.2) is 42.7 Å². The second-order valence-corrected chi connectivity index (χ2v) is 10.4. The van der Waals surface area contributed by atoms with Crippen molar-refractivity contribution in [2.75, 3.05) is 6.54 Å². The maximum absolute atomic E-state index is 13.5. The lowest BCUT2D eigenvalue weighted by molar-refractivity contribution is 0.0827. The zero-order chi connectivity index (χ0) is 29.8. The van der Waals surface area contributed by atoms with Crippen LogP contribution in [0.1, 0.15) is 51.8 Å². The molecule has 0 fully saturated rings. The molecule has 216 valence electrons. The molecule has 0 saturated carbocycles. The number of carbonyl (C=O) groups is 1. The Kier molecular flexibility index (Phi) is 8.08. The molecule has 2 atom stereocenters. The second-order valence-electron chi connectivity index (χ2n) is 10.4. The number of benzene rings is 3. The first kappa shape index (κ1) is 28.0. The van der Waals surface area contributed by atoms with Crippen LogP contribution in [-0.2, 0) is 6.54 Å². The lowest BCUT2D eigenvalue weighted by atomic mass is 9.95. The van der Waals surface area contributed by atoms with Gasteiger partial charge in [-0.05, 0) is 53.4 Å². The van der Waals surface area contributed by atoms with E-state index in [9.17, 15) is 9.90 Å². The Labute approximate surface area is 249 Å². The third-order valence-corrected chi connectivity index (χ3v) is 7.71. The minimum Gasteiger partial charge on any atom is -0.386 e. The van der Waals surface area contributed by atoms with Crippen LogP contribution < -0.4 is 10.6 Å². The molecule has 9 heteroatoms. The molecule has 43 heavy (non-hydrogen) atoms. The van der Waals surface area contributed by atoms with E-state index in [1.165, 1.54) is 11.8 Å². The number of fused-ring (bicyclic) bond motifs is 1. The van der Waals surface area contributed by atoms with Gasteiger partial charge in [-0.25, -0.2) is 4.98 Å². The summed E-state index contributed by atoms with van der Waals surface area (Å²) >= 11 is 0. The van der Waals surface area contributed by atoms with Gasteiger partial charge < -0.3 is 20.7 Å². The van der Waals surface area contributed by atoms with E-state index in [4.69, 9.17) is 0 Å². The first-order valence-corrected chi connectivity index (χ1v) is 14.3. The van der Waals surface area contributed by atoms with E-state index in [0.29, 0.717) is 17.1 Å². The number of aromatic nitrogens is 5. The van der Waals surface area contributed by atoms with E-state index in [1.54, 1.807) is 0 Å². The van der Waals surface area contributed by atoms with Crippen molar-refractivity contribution in [1.82, 2.24) is 35.8 Å². The molecule has 0 aliphatic carbocycles. The van der Waals surface area contributed by atoms with Crippen LogP contribution in [0.15, 0.2) is 97.5 Å². The highest BCUT2D eigenvalue weighted by Crippen LogP contribution is 2.32. The first-order chi connectivity index (χ1) is 21.0. The molecule has 1 amide bonds. The zero-order valence-corrected chi connectivity index (χ0v) is 24.0. The Morgan fingerprint density at radius 1 is 0.953 bits per heavy atom. The van der Waals surface area contributed by atoms with Gasteiger partial charge in [0.15, 0.2) is 5.82 Å². The van der Waals surface area contributed by atoms with Crippen molar-refractivity contribution in [2.45, 2.75) is 32.5 Å². The third kappa shape index (κ3) is 5.81. The lowest BCUT2D eigenvalue weighted by Gasteiger charge is -2.25. The van der Waals surface area contributed by atoms with Gasteiger partial charge in [-0.15, -0.1) is 0 Å². The highest BCUT2D eigenvalue weighted by atomic mass is 16.3. The Bertz CT molecular complexity index is 1850. The van der Waals surface area contributed by atoms with Crippen molar-refractivity contribution >= 4 is 16.8 Å². The predicted molar refractivity (Wildman–Crippen MR) is 167 cm³/mol. The Hall–Kier alpha value is -5.12. The molecule has 3 aromatic carbocycles. The number of nitrogens with one attached hydrogen (secondary N) is 4. The SMILES string of the molecule is CCNCc1cncc(-c2ccc3[nH]nc(-c4ncc(C(=O)N[C@H](c5ccccc5)[C@H](O)c5ccccc5)[nH]4)c3c2)c1C. The normalized spacial score (nSPS) is 12.7. The molecule has 3 heterocycles. The molecular weight excluding hydrogens is 538 g/mol. The van der Waals surface area contributed by atoms with E-state index >= 15 is 0 Å². The summed E-state index contributed by atoms with van der Waals surface area (Å²) in [6.45, 7) is 5.84. The maximum Gasteiger partial charge on any atom is 0.269 e. The summed E-state index contributed by atoms with van der Waals surface area (Å²) in [5.41, 5.74) is 7.61. The molecule has 0 radical (unpaired) electrons. The molecule has 3 aromatic heterocycles. The highest BCUT2D eigenvalue weighted by molar-refractivity contribution is 5.96. The largest absolute Gasteiger partial charge is 0.386 e. The smallest absolute Gasteiger partial charge is 0.269 e. The van der Waals surface area contributed by atoms with Gasteiger partial charge in [0.2, 0.25) is 0 Å². The molecule has 0 aliphatic heterocycles. The second kappa shape index (κ2) is 12.4. The average molecular weight is 572 g/mol. The third-order valence-electron chi connectivity index (χ3n) is 7.71. The van der Waals surface area contributed by atoms with Crippen LogP contribution in [0.5, 0.6) is 0 Å². The van der Waals surface area contributed by atoms with Crippen molar-refractivity contribution in [3.05, 3.63) is 125 Å². The Morgan fingerprint density at radius 3 is 2.44 bits per heavy atom. The van der Waals surface area contributed by atoms with Gasteiger partial charge in [-0.3, -0.25) is 14.9 Å². The van der Waals surface area contributed by atoms with E-state index in [2.05, 4.69) is 55.7 Å². The fraction of sp³-hybridized carbons (Fsp3) is 0.176. The van der Waals surface area contributed by atoms with Crippen LogP contribution >= 0.6 is 0 Å². The van der Waals surface area contributed by atoms with Crippen molar-refractivity contribution in [3.8, 4) is 22.6 Å². The molecule has 0 spiro atoms. The summed E-state index contributed by atoms with van der Waals surface area (Å²) in [6, 6.07) is 24.2. The number of amides is 1. The molecule has 6 rings (SSSR count). The van der Waals surface area contributed by atoms with Crippen LogP contribution in [0.4, 0.5) is 0 Å². The van der Waals surface area contributed by atoms with Gasteiger partial charge in [0.25, 0.3) is 5.91 Å². The average Bonchev–Trinajstić information content (AvgIpc) is 3.71. The fourth-order valence-corrected chi connectivity index (χ4v) is 5.28. The zero-order valence-electron chi connectivity index (χ0n) is 24.0. The number of H-pyrrole nitrogens is 2. The minimum absolute atomic E-state index is 0.264. The molecule has 6 aromatic rings. The number of rotatable bonds is 10. The molecular formula is C34H33N7O2. The number of imidazole rings is 1. The van der Waals surface area contributed by atoms with Gasteiger partial charge in [-0.1, -0.05) is 73.7 Å². The molecule has 9 nitrogen and oxygen atoms in total. The van der Waals surface area contributed by atoms with E-state index in [1.807, 2.05) is 85.2 Å². The standard InChI is InChI=1S/C34H33N7O2/c1-3-35-17-25-18-36-19-27(21(25)2)24-14-15-28-26(16-24)31(41-40-28)33-37-20-29(38-33)34(43)39-30(22-10-6-4-7-11-22)32(42)23-12-8-5-9-13-23/h4-16,18-20,30,32,35,42H,3,17H2,1-2H3,(H,37,38)(H,39,43)(H,40,41)/t30-,32-/m1/s1. The van der Waals surface area contributed by atoms with Crippen molar-refractivity contribution < 1.29 is 9.90 Å². The molecule has 0 unspecified atom stereocenters. The van der Waals surface area contributed by atoms with Crippen molar-refractivity contribution in [2.24, 2.45) is 0 Å². The summed E-state index contributed by atoms with van der Waals surface area (Å²) in [4.78, 5) is 25.6. The number of carbonyl (C=O) groups excluding carboxylic acids is 1. The number of hydrogen-bond donors (Lipinski definition) is 5. The molecule has 0 saturated heterocycles. The molecule has 5 N–H and O–H groups in total. The summed E-state index contributed by atoms with van der Waals surface area (Å²) in [5, 5.41) is 26.1. The van der Waals surface area contributed by atoms with Crippen LogP contribution in [0.25, 0.3) is 33.5 Å². The van der Waals surface area contributed by atoms with Crippen LogP contribution in [0, 0.1) is 6.92 Å². The maximum atomic E-state index is 13.5. The quantitative estimate of drug-likeness (QED) is 0.145. The Morgan fingerprint density at radius 2 is 1.70 bits per heavy atom. The lowest BCUT2D eigenvalue weighted by Crippen LogP contribution is -2.33. The van der Waals surface area contributed by atoms with Crippen molar-refractivity contribution in [1.29, 1.82) is 0 Å². The number of hydrogen-bond acceptors (Lipinski definition) is 6. The monoisotopic (exact) mass is 571 g/mol. The van der Waals surface area contributed by atoms with Gasteiger partial charge in [-0.2, -0.15) is 5.10 Å². The van der Waals surface area contributed by atoms with Crippen molar-refractivity contribution in [3.63, 3.8) is 0 Å². The van der Waals surface area contributed by atoms with Gasteiger partial charge in [0.1, 0.15) is 17.5 Å². The number of aliphatic hydroxyl groups excluding tert-OH is 1. The van der Waals surface area contributed by atoms with Gasteiger partial charge >= 0.3 is 0 Å². The first-order valence-electron chi connectivity index (χ1n) is 14.3. The number of pyridine rings is 1. The molecule has 0 bridgehead atoms. The van der Waals surface area contributed by atoms with E-state index in [0.717, 1.165) is 46.2 Å². The molecule has 0 aliphatic rings. The number of aliphatic hydroxyl groups is 1. The fourth-order valence-electron chi connectivity index (χ4n) is 5.28.